The Labute approximate surface area is 166 Å². The molecule has 1 atom stereocenters. The van der Waals surface area contributed by atoms with Crippen molar-refractivity contribution in [2.75, 3.05) is 18.0 Å². The summed E-state index contributed by atoms with van der Waals surface area (Å²) < 4.78 is 2.24. The zero-order valence-corrected chi connectivity index (χ0v) is 16.8. The lowest BCUT2D eigenvalue weighted by molar-refractivity contribution is 0.472. The first-order valence-electron chi connectivity index (χ1n) is 10.2. The fraction of sp³-hybridized carbons (Fsp3) is 0.455. The van der Waals surface area contributed by atoms with Gasteiger partial charge in [0.15, 0.2) is 0 Å². The van der Waals surface area contributed by atoms with Gasteiger partial charge >= 0.3 is 0 Å². The van der Waals surface area contributed by atoms with E-state index in [2.05, 4.69) is 38.6 Å². The Hall–Kier alpha value is -2.76. The summed E-state index contributed by atoms with van der Waals surface area (Å²) in [5, 5.41) is 0. The quantitative estimate of drug-likeness (QED) is 0.655. The fourth-order valence-electron chi connectivity index (χ4n) is 4.06. The Morgan fingerprint density at radius 2 is 2.07 bits per heavy atom. The molecule has 0 amide bonds. The second-order valence-corrected chi connectivity index (χ2v) is 7.54. The highest BCUT2D eigenvalue weighted by Crippen LogP contribution is 2.30. The highest BCUT2D eigenvalue weighted by atomic mass is 15.2. The predicted molar refractivity (Wildman–Crippen MR) is 111 cm³/mol. The van der Waals surface area contributed by atoms with E-state index in [1.54, 1.807) is 0 Å². The fourth-order valence-corrected chi connectivity index (χ4v) is 4.06. The molecule has 1 saturated heterocycles. The van der Waals surface area contributed by atoms with E-state index in [9.17, 15) is 0 Å². The Bertz CT molecular complexity index is 904. The van der Waals surface area contributed by atoms with Crippen LogP contribution in [0.25, 0.3) is 0 Å². The molecule has 0 bridgehead atoms. The van der Waals surface area contributed by atoms with Crippen LogP contribution in [0.2, 0.25) is 0 Å². The topological polar surface area (TPSA) is 59.7 Å². The number of rotatable bonds is 6. The van der Waals surface area contributed by atoms with E-state index in [0.717, 1.165) is 68.5 Å². The molecule has 4 heterocycles. The monoisotopic (exact) mass is 376 g/mol. The molecule has 6 nitrogen and oxygen atoms in total. The van der Waals surface area contributed by atoms with Crippen LogP contribution in [0.4, 0.5) is 5.82 Å². The first-order valence-corrected chi connectivity index (χ1v) is 10.2. The van der Waals surface area contributed by atoms with Crippen molar-refractivity contribution < 1.29 is 0 Å². The number of nitrogens with zero attached hydrogens (tertiary/aromatic N) is 6. The lowest BCUT2D eigenvalue weighted by Gasteiger charge is -2.34. The number of imidazole rings is 1. The minimum absolute atomic E-state index is 0.400. The van der Waals surface area contributed by atoms with Gasteiger partial charge in [-0.25, -0.2) is 15.0 Å². The summed E-state index contributed by atoms with van der Waals surface area (Å²) in [6.07, 6.45) is 12.3. The normalized spacial score (nSPS) is 17.1. The van der Waals surface area contributed by atoms with E-state index in [-0.39, 0.29) is 0 Å². The zero-order chi connectivity index (χ0) is 19.3. The van der Waals surface area contributed by atoms with Crippen molar-refractivity contribution in [2.24, 2.45) is 0 Å². The standard InChI is InChI=1S/C22H28N6/c1-3-7-18-14-25-17(2)26-22(18)27-12-6-8-19(15-27)21-24-11-13-28(21)16-20-9-4-5-10-23-20/h4-5,9-11,13-14,19H,3,6-8,12,15-16H2,1-2H3. The number of pyridine rings is 1. The summed E-state index contributed by atoms with van der Waals surface area (Å²) in [4.78, 5) is 20.8. The van der Waals surface area contributed by atoms with Crippen LogP contribution in [-0.2, 0) is 13.0 Å². The van der Waals surface area contributed by atoms with Crippen molar-refractivity contribution in [3.63, 3.8) is 0 Å². The Morgan fingerprint density at radius 1 is 1.14 bits per heavy atom. The maximum Gasteiger partial charge on any atom is 0.135 e. The Balaban J connectivity index is 1.56. The van der Waals surface area contributed by atoms with Gasteiger partial charge in [-0.2, -0.15) is 0 Å². The Kier molecular flexibility index (Phi) is 5.65. The van der Waals surface area contributed by atoms with Crippen LogP contribution in [-0.4, -0.2) is 37.6 Å². The second kappa shape index (κ2) is 8.50. The van der Waals surface area contributed by atoms with Crippen molar-refractivity contribution in [2.45, 2.75) is 52.0 Å². The lowest BCUT2D eigenvalue weighted by atomic mass is 9.96. The summed E-state index contributed by atoms with van der Waals surface area (Å²) >= 11 is 0. The molecule has 1 aliphatic heterocycles. The van der Waals surface area contributed by atoms with E-state index >= 15 is 0 Å². The van der Waals surface area contributed by atoms with Crippen molar-refractivity contribution in [1.29, 1.82) is 0 Å². The van der Waals surface area contributed by atoms with E-state index in [0.29, 0.717) is 5.92 Å². The van der Waals surface area contributed by atoms with Gasteiger partial charge in [0.25, 0.3) is 0 Å². The highest BCUT2D eigenvalue weighted by molar-refractivity contribution is 5.47. The molecular weight excluding hydrogens is 348 g/mol. The summed E-state index contributed by atoms with van der Waals surface area (Å²) in [7, 11) is 0. The summed E-state index contributed by atoms with van der Waals surface area (Å²) in [6, 6.07) is 6.06. The third-order valence-corrected chi connectivity index (χ3v) is 5.37. The molecule has 6 heteroatoms. The summed E-state index contributed by atoms with van der Waals surface area (Å²) in [6.45, 7) is 6.94. The maximum absolute atomic E-state index is 4.80. The minimum Gasteiger partial charge on any atom is -0.356 e. The van der Waals surface area contributed by atoms with Crippen molar-refractivity contribution in [3.8, 4) is 0 Å². The third kappa shape index (κ3) is 4.06. The number of anilines is 1. The zero-order valence-electron chi connectivity index (χ0n) is 16.8. The number of hydrogen-bond donors (Lipinski definition) is 0. The first kappa shape index (κ1) is 18.6. The van der Waals surface area contributed by atoms with Gasteiger partial charge in [-0.3, -0.25) is 4.98 Å². The number of hydrogen-bond acceptors (Lipinski definition) is 5. The summed E-state index contributed by atoms with van der Waals surface area (Å²) in [5.74, 6) is 3.51. The van der Waals surface area contributed by atoms with Crippen LogP contribution in [0.5, 0.6) is 0 Å². The van der Waals surface area contributed by atoms with Gasteiger partial charge in [0.1, 0.15) is 17.5 Å². The van der Waals surface area contributed by atoms with Gasteiger partial charge in [-0.05, 0) is 38.3 Å². The van der Waals surface area contributed by atoms with Crippen molar-refractivity contribution in [3.05, 3.63) is 65.9 Å². The molecular formula is C22H28N6. The van der Waals surface area contributed by atoms with Crippen LogP contribution < -0.4 is 4.90 Å². The second-order valence-electron chi connectivity index (χ2n) is 7.54. The molecule has 0 radical (unpaired) electrons. The number of aromatic nitrogens is 5. The van der Waals surface area contributed by atoms with Crippen LogP contribution in [0, 0.1) is 6.92 Å². The van der Waals surface area contributed by atoms with Gasteiger partial charge in [0, 0.05) is 49.4 Å². The van der Waals surface area contributed by atoms with E-state index in [1.165, 1.54) is 5.56 Å². The molecule has 0 aromatic carbocycles. The van der Waals surface area contributed by atoms with Gasteiger partial charge in [-0.1, -0.05) is 19.4 Å². The van der Waals surface area contributed by atoms with Gasteiger partial charge in [0.2, 0.25) is 0 Å². The molecule has 1 fully saturated rings. The minimum atomic E-state index is 0.400. The smallest absolute Gasteiger partial charge is 0.135 e. The first-order chi connectivity index (χ1) is 13.7. The molecule has 0 aliphatic carbocycles. The highest BCUT2D eigenvalue weighted by Gasteiger charge is 2.27. The van der Waals surface area contributed by atoms with Crippen LogP contribution in [0.15, 0.2) is 43.0 Å². The number of piperidine rings is 1. The van der Waals surface area contributed by atoms with Crippen molar-refractivity contribution in [1.82, 2.24) is 24.5 Å². The van der Waals surface area contributed by atoms with Gasteiger partial charge in [0.05, 0.1) is 12.2 Å². The van der Waals surface area contributed by atoms with Crippen LogP contribution >= 0.6 is 0 Å². The molecule has 0 N–H and O–H groups in total. The van der Waals surface area contributed by atoms with Gasteiger partial charge < -0.3 is 9.47 Å². The molecule has 0 spiro atoms. The van der Waals surface area contributed by atoms with Gasteiger partial charge in [-0.15, -0.1) is 0 Å². The molecule has 4 rings (SSSR count). The van der Waals surface area contributed by atoms with Crippen LogP contribution in [0.3, 0.4) is 0 Å². The summed E-state index contributed by atoms with van der Waals surface area (Å²) in [5.41, 5.74) is 2.32. The molecule has 1 unspecified atom stereocenters. The van der Waals surface area contributed by atoms with E-state index in [1.807, 2.05) is 37.6 Å². The average molecular weight is 377 g/mol. The largest absolute Gasteiger partial charge is 0.356 e. The SMILES string of the molecule is CCCc1cnc(C)nc1N1CCCC(c2nccn2Cc2ccccn2)C1. The van der Waals surface area contributed by atoms with E-state index in [4.69, 9.17) is 9.97 Å². The Morgan fingerprint density at radius 3 is 2.89 bits per heavy atom. The molecule has 28 heavy (non-hydrogen) atoms. The molecule has 0 saturated carbocycles. The van der Waals surface area contributed by atoms with E-state index < -0.39 is 0 Å². The predicted octanol–water partition coefficient (Wildman–Crippen LogP) is 3.76. The molecule has 146 valence electrons. The third-order valence-electron chi connectivity index (χ3n) is 5.37. The van der Waals surface area contributed by atoms with Crippen molar-refractivity contribution >= 4 is 5.82 Å². The maximum atomic E-state index is 4.80. The lowest BCUT2D eigenvalue weighted by Crippen LogP contribution is -2.36. The molecule has 3 aromatic heterocycles. The molecule has 1 aliphatic rings. The van der Waals surface area contributed by atoms with Crippen LogP contribution in [0.1, 0.15) is 55.0 Å². The average Bonchev–Trinajstić information content (AvgIpc) is 3.18. The number of aryl methyl sites for hydroxylation is 2. The molecule has 3 aromatic rings.